The van der Waals surface area contributed by atoms with Crippen LogP contribution in [0.5, 0.6) is 0 Å². The Morgan fingerprint density at radius 2 is 1.93 bits per heavy atom. The van der Waals surface area contributed by atoms with Crippen LogP contribution < -0.4 is 17.3 Å². The van der Waals surface area contributed by atoms with E-state index in [1.807, 2.05) is 6.07 Å². The molecule has 0 atom stereocenters. The maximum absolute atomic E-state index is 5.67. The van der Waals surface area contributed by atoms with Crippen LogP contribution in [0, 0.1) is 0 Å². The van der Waals surface area contributed by atoms with Crippen molar-refractivity contribution in [3.8, 4) is 11.4 Å². The van der Waals surface area contributed by atoms with Crippen molar-refractivity contribution in [3.63, 3.8) is 0 Å². The van der Waals surface area contributed by atoms with E-state index in [9.17, 15) is 0 Å². The maximum Gasteiger partial charge on any atom is 0.241 e. The number of halogens is 1. The van der Waals surface area contributed by atoms with Crippen LogP contribution in [0.4, 0.5) is 11.6 Å². The average Bonchev–Trinajstić information content (AvgIpc) is 2.52. The van der Waals surface area contributed by atoms with Gasteiger partial charge < -0.3 is 17.3 Å². The Morgan fingerprint density at radius 1 is 1.20 bits per heavy atom. The smallest absolute Gasteiger partial charge is 0.241 e. The van der Waals surface area contributed by atoms with Crippen LogP contribution in [-0.4, -0.2) is 14.9 Å². The lowest BCUT2D eigenvalue weighted by atomic mass is 10.2. The highest BCUT2D eigenvalue weighted by Crippen LogP contribution is 2.28. The molecule has 78 valence electrons. The van der Waals surface area contributed by atoms with E-state index in [1.165, 1.54) is 4.68 Å². The zero-order valence-electron chi connectivity index (χ0n) is 7.68. The van der Waals surface area contributed by atoms with Crippen molar-refractivity contribution in [2.75, 3.05) is 17.3 Å². The molecule has 6 nitrogen and oxygen atoms in total. The number of rotatable bonds is 1. The van der Waals surface area contributed by atoms with Gasteiger partial charge in [-0.15, -0.1) is 10.2 Å². The molecule has 0 saturated carbocycles. The molecule has 0 unspecified atom stereocenters. The van der Waals surface area contributed by atoms with E-state index in [4.69, 9.17) is 17.3 Å². The van der Waals surface area contributed by atoms with E-state index in [0.29, 0.717) is 11.5 Å². The molecule has 0 saturated heterocycles. The molecule has 0 aliphatic heterocycles. The van der Waals surface area contributed by atoms with Crippen molar-refractivity contribution < 1.29 is 0 Å². The number of hydrogen-bond acceptors (Lipinski definition) is 5. The molecule has 0 bridgehead atoms. The number of nitrogens with two attached hydrogens (primary N) is 3. The lowest BCUT2D eigenvalue weighted by Gasteiger charge is -2.04. The van der Waals surface area contributed by atoms with Gasteiger partial charge in [-0.1, -0.05) is 15.9 Å². The molecule has 1 aromatic heterocycles. The predicted molar refractivity (Wildman–Crippen MR) is 62.1 cm³/mol. The molecule has 0 aliphatic rings. The van der Waals surface area contributed by atoms with E-state index >= 15 is 0 Å². The second-order valence-electron chi connectivity index (χ2n) is 2.99. The Labute approximate surface area is 94.2 Å². The minimum atomic E-state index is 0.152. The summed E-state index contributed by atoms with van der Waals surface area (Å²) in [5.74, 6) is 6.28. The fraction of sp³-hybridized carbons (Fsp3) is 0. The fourth-order valence-electron chi connectivity index (χ4n) is 1.20. The number of anilines is 2. The van der Waals surface area contributed by atoms with Gasteiger partial charge in [-0.2, -0.15) is 0 Å². The molecular formula is C8H9BrN6. The molecule has 1 aromatic carbocycles. The lowest BCUT2D eigenvalue weighted by molar-refractivity contribution is 1.02. The summed E-state index contributed by atoms with van der Waals surface area (Å²) in [4.78, 5) is 0. The highest BCUT2D eigenvalue weighted by atomic mass is 79.9. The Hall–Kier alpha value is -1.76. The first-order chi connectivity index (χ1) is 7.09. The Morgan fingerprint density at radius 3 is 2.53 bits per heavy atom. The number of nitrogens with zero attached hydrogens (tertiary/aromatic N) is 3. The quantitative estimate of drug-likeness (QED) is 0.518. The van der Waals surface area contributed by atoms with Crippen molar-refractivity contribution in [2.24, 2.45) is 0 Å². The van der Waals surface area contributed by atoms with Crippen LogP contribution in [0.25, 0.3) is 11.4 Å². The third kappa shape index (κ3) is 1.61. The van der Waals surface area contributed by atoms with E-state index in [0.717, 1.165) is 10.0 Å². The van der Waals surface area contributed by atoms with Crippen molar-refractivity contribution >= 4 is 27.6 Å². The molecule has 0 spiro atoms. The number of nitrogen functional groups attached to an aromatic ring is 3. The fourth-order valence-corrected chi connectivity index (χ4v) is 1.63. The third-order valence-corrected chi connectivity index (χ3v) is 2.65. The van der Waals surface area contributed by atoms with Crippen molar-refractivity contribution in [1.82, 2.24) is 14.9 Å². The van der Waals surface area contributed by atoms with Gasteiger partial charge in [-0.05, 0) is 18.2 Å². The van der Waals surface area contributed by atoms with Crippen molar-refractivity contribution in [1.29, 1.82) is 0 Å². The van der Waals surface area contributed by atoms with Crippen LogP contribution in [-0.2, 0) is 0 Å². The van der Waals surface area contributed by atoms with Crippen LogP contribution in [0.1, 0.15) is 0 Å². The average molecular weight is 269 g/mol. The summed E-state index contributed by atoms with van der Waals surface area (Å²) in [6.45, 7) is 0. The van der Waals surface area contributed by atoms with Crippen molar-refractivity contribution in [3.05, 3.63) is 22.7 Å². The second-order valence-corrected chi connectivity index (χ2v) is 3.85. The van der Waals surface area contributed by atoms with Gasteiger partial charge in [0.15, 0.2) is 5.82 Å². The third-order valence-electron chi connectivity index (χ3n) is 1.95. The van der Waals surface area contributed by atoms with E-state index in [1.54, 1.807) is 12.1 Å². The summed E-state index contributed by atoms with van der Waals surface area (Å²) >= 11 is 3.38. The van der Waals surface area contributed by atoms with Gasteiger partial charge >= 0.3 is 0 Å². The highest BCUT2D eigenvalue weighted by Gasteiger charge is 2.12. The normalized spacial score (nSPS) is 10.5. The number of aromatic nitrogens is 3. The Balaban J connectivity index is 2.63. The molecule has 6 N–H and O–H groups in total. The second kappa shape index (κ2) is 3.43. The van der Waals surface area contributed by atoms with Gasteiger partial charge in [0.25, 0.3) is 0 Å². The molecule has 7 heteroatoms. The molecule has 0 radical (unpaired) electrons. The van der Waals surface area contributed by atoms with E-state index in [2.05, 4.69) is 26.1 Å². The predicted octanol–water partition coefficient (Wildman–Crippen LogP) is 0.586. The maximum atomic E-state index is 5.67. The summed E-state index contributed by atoms with van der Waals surface area (Å²) in [7, 11) is 0. The SMILES string of the molecule is Nc1ccc(Br)c(-c2nnc(N)n2N)c1. The first-order valence-corrected chi connectivity index (χ1v) is 4.90. The van der Waals surface area contributed by atoms with E-state index in [-0.39, 0.29) is 5.95 Å². The zero-order chi connectivity index (χ0) is 11.0. The summed E-state index contributed by atoms with van der Waals surface area (Å²) in [6, 6.07) is 5.33. The highest BCUT2D eigenvalue weighted by molar-refractivity contribution is 9.10. The molecule has 0 amide bonds. The largest absolute Gasteiger partial charge is 0.399 e. The topological polar surface area (TPSA) is 109 Å². The Bertz CT molecular complexity index is 506. The zero-order valence-corrected chi connectivity index (χ0v) is 9.27. The van der Waals surface area contributed by atoms with Gasteiger partial charge in [0.2, 0.25) is 5.95 Å². The first kappa shape index (κ1) is 9.78. The Kier molecular flexibility index (Phi) is 2.24. The minimum Gasteiger partial charge on any atom is -0.399 e. The molecule has 1 heterocycles. The van der Waals surface area contributed by atoms with Gasteiger partial charge in [-0.3, -0.25) is 0 Å². The summed E-state index contributed by atoms with van der Waals surface area (Å²) in [5.41, 5.74) is 12.5. The van der Waals surface area contributed by atoms with Crippen LogP contribution in [0.15, 0.2) is 22.7 Å². The molecule has 15 heavy (non-hydrogen) atoms. The number of hydrogen-bond donors (Lipinski definition) is 3. The van der Waals surface area contributed by atoms with Crippen LogP contribution in [0.3, 0.4) is 0 Å². The van der Waals surface area contributed by atoms with Crippen molar-refractivity contribution in [2.45, 2.75) is 0 Å². The van der Waals surface area contributed by atoms with Gasteiger partial charge in [0.05, 0.1) is 0 Å². The lowest BCUT2D eigenvalue weighted by Crippen LogP contribution is -2.13. The standard InChI is InChI=1S/C8H9BrN6/c9-6-2-1-4(10)3-5(6)7-13-14-8(11)15(7)12/h1-3H,10,12H2,(H2,11,14). The van der Waals surface area contributed by atoms with Gasteiger partial charge in [0, 0.05) is 15.7 Å². The monoisotopic (exact) mass is 268 g/mol. The summed E-state index contributed by atoms with van der Waals surface area (Å²) in [5, 5.41) is 7.53. The van der Waals surface area contributed by atoms with Crippen LogP contribution >= 0.6 is 15.9 Å². The minimum absolute atomic E-state index is 0.152. The summed E-state index contributed by atoms with van der Waals surface area (Å²) in [6.07, 6.45) is 0. The molecule has 2 rings (SSSR count). The van der Waals surface area contributed by atoms with Crippen LogP contribution in [0.2, 0.25) is 0 Å². The summed E-state index contributed by atoms with van der Waals surface area (Å²) < 4.78 is 2.04. The molecular weight excluding hydrogens is 260 g/mol. The van der Waals surface area contributed by atoms with E-state index < -0.39 is 0 Å². The first-order valence-electron chi connectivity index (χ1n) is 4.11. The van der Waals surface area contributed by atoms with Gasteiger partial charge in [-0.25, -0.2) is 4.68 Å². The number of benzene rings is 1. The molecule has 0 aliphatic carbocycles. The molecule has 2 aromatic rings. The van der Waals surface area contributed by atoms with Gasteiger partial charge in [0.1, 0.15) is 0 Å². The molecule has 0 fully saturated rings.